The average molecular weight is 312 g/mol. The molecule has 1 unspecified atom stereocenters. The zero-order valence-electron chi connectivity index (χ0n) is 11.5. The third kappa shape index (κ3) is 2.86. The molecule has 2 rings (SSSR count). The maximum Gasteiger partial charge on any atom is 0.131 e. The van der Waals surface area contributed by atoms with Gasteiger partial charge in [-0.3, -0.25) is 4.90 Å². The molecule has 0 saturated carbocycles. The van der Waals surface area contributed by atoms with Crippen LogP contribution in [-0.2, 0) is 0 Å². The van der Waals surface area contributed by atoms with Crippen LogP contribution in [0.2, 0.25) is 0 Å². The van der Waals surface area contributed by atoms with Gasteiger partial charge >= 0.3 is 0 Å². The van der Waals surface area contributed by atoms with Gasteiger partial charge in [0.1, 0.15) is 5.82 Å². The number of hydrogen-bond donors (Lipinski definition) is 0. The van der Waals surface area contributed by atoms with E-state index in [1.807, 2.05) is 6.20 Å². The molecule has 0 spiro atoms. The van der Waals surface area contributed by atoms with E-state index in [1.54, 1.807) is 0 Å². The van der Waals surface area contributed by atoms with Crippen molar-refractivity contribution in [1.82, 2.24) is 9.88 Å². The first-order chi connectivity index (χ1) is 8.65. The lowest BCUT2D eigenvalue weighted by atomic mass is 10.2. The van der Waals surface area contributed by atoms with Gasteiger partial charge in [0.2, 0.25) is 0 Å². The fourth-order valence-electron chi connectivity index (χ4n) is 2.84. The minimum absolute atomic E-state index is 0.685. The monoisotopic (exact) mass is 311 g/mol. The Hall–Kier alpha value is -0.610. The topological polar surface area (TPSA) is 19.4 Å². The molecule has 0 bridgehead atoms. The molecule has 1 fully saturated rings. The zero-order valence-corrected chi connectivity index (χ0v) is 13.1. The molecule has 100 valence electrons. The normalized spacial score (nSPS) is 19.8. The summed E-state index contributed by atoms with van der Waals surface area (Å²) in [7, 11) is 0. The fourth-order valence-corrected chi connectivity index (χ4v) is 3.28. The minimum Gasteiger partial charge on any atom is -0.355 e. The highest BCUT2D eigenvalue weighted by Gasteiger charge is 2.27. The molecule has 3 nitrogen and oxygen atoms in total. The lowest BCUT2D eigenvalue weighted by molar-refractivity contribution is 0.232. The Bertz CT molecular complexity index is 404. The summed E-state index contributed by atoms with van der Waals surface area (Å²) >= 11 is 3.47. The van der Waals surface area contributed by atoms with Crippen LogP contribution in [0.5, 0.6) is 0 Å². The van der Waals surface area contributed by atoms with E-state index in [1.165, 1.54) is 12.0 Å². The van der Waals surface area contributed by atoms with Crippen LogP contribution in [0, 0.1) is 6.92 Å². The predicted molar refractivity (Wildman–Crippen MR) is 80.2 cm³/mol. The van der Waals surface area contributed by atoms with Gasteiger partial charge in [-0.15, -0.1) is 0 Å². The summed E-state index contributed by atoms with van der Waals surface area (Å²) in [4.78, 5) is 9.54. The largest absolute Gasteiger partial charge is 0.355 e. The molecule has 0 amide bonds. The van der Waals surface area contributed by atoms with Gasteiger partial charge in [0.25, 0.3) is 0 Å². The second-order valence-electron chi connectivity index (χ2n) is 4.90. The Labute approximate surface area is 118 Å². The number of pyridine rings is 1. The third-order valence-corrected chi connectivity index (χ3v) is 4.24. The van der Waals surface area contributed by atoms with Gasteiger partial charge in [0, 0.05) is 29.8 Å². The van der Waals surface area contributed by atoms with Gasteiger partial charge in [-0.25, -0.2) is 4.98 Å². The first-order valence-corrected chi connectivity index (χ1v) is 7.56. The smallest absolute Gasteiger partial charge is 0.131 e. The molecular formula is C14H22BrN3. The molecule has 1 aromatic heterocycles. The first-order valence-electron chi connectivity index (χ1n) is 6.76. The van der Waals surface area contributed by atoms with Crippen molar-refractivity contribution in [2.75, 3.05) is 31.1 Å². The highest BCUT2D eigenvalue weighted by Crippen LogP contribution is 2.25. The molecule has 0 aromatic carbocycles. The van der Waals surface area contributed by atoms with Crippen LogP contribution in [0.3, 0.4) is 0 Å². The molecule has 1 aliphatic heterocycles. The molecule has 0 aliphatic carbocycles. The molecule has 0 radical (unpaired) electrons. The van der Waals surface area contributed by atoms with Crippen LogP contribution in [0.15, 0.2) is 16.7 Å². The molecule has 1 atom stereocenters. The predicted octanol–water partition coefficient (Wildman–Crippen LogP) is 3.07. The summed E-state index contributed by atoms with van der Waals surface area (Å²) in [6.07, 6.45) is 3.14. The van der Waals surface area contributed by atoms with E-state index in [-0.39, 0.29) is 0 Å². The number of rotatable bonds is 4. The molecule has 2 heterocycles. The van der Waals surface area contributed by atoms with Gasteiger partial charge < -0.3 is 4.90 Å². The van der Waals surface area contributed by atoms with Crippen LogP contribution >= 0.6 is 15.9 Å². The van der Waals surface area contributed by atoms with E-state index in [2.05, 4.69) is 57.6 Å². The Balaban J connectivity index is 2.08. The molecule has 18 heavy (non-hydrogen) atoms. The van der Waals surface area contributed by atoms with Crippen molar-refractivity contribution >= 4 is 21.7 Å². The maximum absolute atomic E-state index is 4.57. The van der Waals surface area contributed by atoms with Crippen LogP contribution in [0.25, 0.3) is 0 Å². The first kappa shape index (κ1) is 13.8. The number of halogens is 1. The number of nitrogens with zero attached hydrogens (tertiary/aromatic N) is 3. The number of likely N-dealkylation sites (N-methyl/N-ethyl adjacent to an activating group) is 1. The second-order valence-corrected chi connectivity index (χ2v) is 5.82. The van der Waals surface area contributed by atoms with Crippen LogP contribution in [0.1, 0.15) is 25.8 Å². The maximum atomic E-state index is 4.57. The standard InChI is InChI=1S/C14H22BrN3/c1-4-17(5-2)13-6-7-18(10-13)14-11(3)8-12(15)9-16-14/h8-9,13H,4-7,10H2,1-3H3. The van der Waals surface area contributed by atoms with E-state index >= 15 is 0 Å². The Morgan fingerprint density at radius 3 is 2.78 bits per heavy atom. The molecular weight excluding hydrogens is 290 g/mol. The summed E-state index contributed by atoms with van der Waals surface area (Å²) < 4.78 is 1.06. The van der Waals surface area contributed by atoms with Crippen molar-refractivity contribution in [2.24, 2.45) is 0 Å². The van der Waals surface area contributed by atoms with Crippen LogP contribution < -0.4 is 4.90 Å². The highest BCUT2D eigenvalue weighted by molar-refractivity contribution is 9.10. The second kappa shape index (κ2) is 6.02. The highest BCUT2D eigenvalue weighted by atomic mass is 79.9. The van der Waals surface area contributed by atoms with E-state index in [9.17, 15) is 0 Å². The van der Waals surface area contributed by atoms with Crippen molar-refractivity contribution in [1.29, 1.82) is 0 Å². The molecule has 1 aliphatic rings. The SMILES string of the molecule is CCN(CC)C1CCN(c2ncc(Br)cc2C)C1. The fraction of sp³-hybridized carbons (Fsp3) is 0.643. The lowest BCUT2D eigenvalue weighted by Gasteiger charge is -2.26. The van der Waals surface area contributed by atoms with Crippen molar-refractivity contribution in [2.45, 2.75) is 33.2 Å². The van der Waals surface area contributed by atoms with Gasteiger partial charge in [-0.05, 0) is 54.0 Å². The van der Waals surface area contributed by atoms with Gasteiger partial charge in [-0.2, -0.15) is 0 Å². The summed E-state index contributed by atoms with van der Waals surface area (Å²) in [6.45, 7) is 11.1. The Kier molecular flexibility index (Phi) is 4.62. The third-order valence-electron chi connectivity index (χ3n) is 3.81. The van der Waals surface area contributed by atoms with Gasteiger partial charge in [-0.1, -0.05) is 13.8 Å². The number of anilines is 1. The Morgan fingerprint density at radius 1 is 1.44 bits per heavy atom. The Morgan fingerprint density at radius 2 is 2.17 bits per heavy atom. The lowest BCUT2D eigenvalue weighted by Crippen LogP contribution is -2.37. The summed E-state index contributed by atoms with van der Waals surface area (Å²) in [5.74, 6) is 1.15. The summed E-state index contributed by atoms with van der Waals surface area (Å²) in [5.41, 5.74) is 1.25. The number of aromatic nitrogens is 1. The molecule has 1 saturated heterocycles. The minimum atomic E-state index is 0.685. The van der Waals surface area contributed by atoms with Crippen molar-refractivity contribution in [3.05, 3.63) is 22.3 Å². The van der Waals surface area contributed by atoms with Crippen LogP contribution in [0.4, 0.5) is 5.82 Å². The zero-order chi connectivity index (χ0) is 13.1. The van der Waals surface area contributed by atoms with Gasteiger partial charge in [0.05, 0.1) is 0 Å². The molecule has 1 aromatic rings. The van der Waals surface area contributed by atoms with E-state index in [0.29, 0.717) is 6.04 Å². The number of aryl methyl sites for hydroxylation is 1. The van der Waals surface area contributed by atoms with Crippen molar-refractivity contribution in [3.8, 4) is 0 Å². The van der Waals surface area contributed by atoms with Crippen LogP contribution in [-0.4, -0.2) is 42.1 Å². The summed E-state index contributed by atoms with van der Waals surface area (Å²) in [5, 5.41) is 0. The molecule has 4 heteroatoms. The average Bonchev–Trinajstić information content (AvgIpc) is 2.80. The molecule has 0 N–H and O–H groups in total. The summed E-state index contributed by atoms with van der Waals surface area (Å²) in [6, 6.07) is 2.83. The van der Waals surface area contributed by atoms with Gasteiger partial charge in [0.15, 0.2) is 0 Å². The van der Waals surface area contributed by atoms with E-state index in [0.717, 1.165) is 36.5 Å². The van der Waals surface area contributed by atoms with E-state index in [4.69, 9.17) is 0 Å². The van der Waals surface area contributed by atoms with Crippen molar-refractivity contribution in [3.63, 3.8) is 0 Å². The quantitative estimate of drug-likeness (QED) is 0.852. The number of hydrogen-bond acceptors (Lipinski definition) is 3. The van der Waals surface area contributed by atoms with E-state index < -0.39 is 0 Å². The van der Waals surface area contributed by atoms with Crippen molar-refractivity contribution < 1.29 is 0 Å².